The molecule has 0 unspecified atom stereocenters. The van der Waals surface area contributed by atoms with Crippen LogP contribution in [0.15, 0.2) is 77.7 Å². The number of hydrogen-bond acceptors (Lipinski definition) is 5. The van der Waals surface area contributed by atoms with Crippen molar-refractivity contribution < 1.29 is 12.8 Å². The highest BCUT2D eigenvalue weighted by Gasteiger charge is 2.19. The van der Waals surface area contributed by atoms with Gasteiger partial charge in [0.05, 0.1) is 21.6 Å². The number of anilines is 3. The van der Waals surface area contributed by atoms with Crippen molar-refractivity contribution in [3.8, 4) is 0 Å². The minimum Gasteiger partial charge on any atom is -0.335 e. The predicted molar refractivity (Wildman–Crippen MR) is 111 cm³/mol. The van der Waals surface area contributed by atoms with Crippen molar-refractivity contribution in [2.45, 2.75) is 11.8 Å². The Morgan fingerprint density at radius 3 is 2.17 bits per heavy atom. The molecule has 4 rings (SSSR count). The van der Waals surface area contributed by atoms with E-state index in [9.17, 15) is 12.8 Å². The Bertz CT molecular complexity index is 1310. The van der Waals surface area contributed by atoms with Crippen molar-refractivity contribution in [2.24, 2.45) is 0 Å². The molecule has 0 amide bonds. The van der Waals surface area contributed by atoms with Crippen LogP contribution in [-0.2, 0) is 10.0 Å². The zero-order chi connectivity index (χ0) is 20.4. The Morgan fingerprint density at radius 2 is 1.48 bits per heavy atom. The van der Waals surface area contributed by atoms with Crippen molar-refractivity contribution in [2.75, 3.05) is 10.0 Å². The van der Waals surface area contributed by atoms with Gasteiger partial charge in [-0.1, -0.05) is 36.4 Å². The number of sulfonamides is 1. The van der Waals surface area contributed by atoms with Crippen LogP contribution >= 0.6 is 0 Å². The van der Waals surface area contributed by atoms with Gasteiger partial charge in [0, 0.05) is 0 Å². The van der Waals surface area contributed by atoms with E-state index in [4.69, 9.17) is 0 Å². The topological polar surface area (TPSA) is 84.0 Å². The third kappa shape index (κ3) is 4.02. The SMILES string of the molecule is Cc1cccc(S(=O)(=O)Nc2nc3ccccc3nc2Nc2ccccc2F)c1. The molecule has 29 heavy (non-hydrogen) atoms. The van der Waals surface area contributed by atoms with Gasteiger partial charge >= 0.3 is 0 Å². The molecule has 2 N–H and O–H groups in total. The molecule has 146 valence electrons. The highest BCUT2D eigenvalue weighted by atomic mass is 32.2. The maximum absolute atomic E-state index is 14.1. The van der Waals surface area contributed by atoms with Crippen molar-refractivity contribution >= 4 is 38.4 Å². The molecule has 0 fully saturated rings. The van der Waals surface area contributed by atoms with E-state index >= 15 is 0 Å². The Balaban J connectivity index is 1.80. The molecule has 6 nitrogen and oxygen atoms in total. The van der Waals surface area contributed by atoms with Gasteiger partial charge in [-0.2, -0.15) is 0 Å². The molecule has 3 aromatic carbocycles. The van der Waals surface area contributed by atoms with Gasteiger partial charge in [-0.25, -0.2) is 22.8 Å². The Morgan fingerprint density at radius 1 is 0.828 bits per heavy atom. The molecule has 0 aliphatic heterocycles. The van der Waals surface area contributed by atoms with Crippen LogP contribution in [0.25, 0.3) is 11.0 Å². The molecule has 0 spiro atoms. The first kappa shape index (κ1) is 18.8. The monoisotopic (exact) mass is 408 g/mol. The molecule has 4 aromatic rings. The van der Waals surface area contributed by atoms with Gasteiger partial charge in [-0.3, -0.25) is 4.72 Å². The van der Waals surface area contributed by atoms with Gasteiger partial charge < -0.3 is 5.32 Å². The minimum absolute atomic E-state index is 0.0199. The third-order valence-corrected chi connectivity index (χ3v) is 5.56. The summed E-state index contributed by atoms with van der Waals surface area (Å²) in [7, 11) is -3.92. The number of halogens is 1. The lowest BCUT2D eigenvalue weighted by Crippen LogP contribution is -2.16. The average molecular weight is 408 g/mol. The fourth-order valence-corrected chi connectivity index (χ4v) is 3.93. The molecule has 0 aliphatic rings. The van der Waals surface area contributed by atoms with Crippen molar-refractivity contribution in [3.63, 3.8) is 0 Å². The molecule has 8 heteroatoms. The second-order valence-corrected chi connectivity index (χ2v) is 8.12. The highest BCUT2D eigenvalue weighted by molar-refractivity contribution is 7.92. The van der Waals surface area contributed by atoms with Crippen LogP contribution in [0.4, 0.5) is 21.7 Å². The summed E-state index contributed by atoms with van der Waals surface area (Å²) in [6.45, 7) is 1.81. The quantitative estimate of drug-likeness (QED) is 0.503. The first-order valence-electron chi connectivity index (χ1n) is 8.80. The minimum atomic E-state index is -3.92. The number of nitrogens with one attached hydrogen (secondary N) is 2. The normalized spacial score (nSPS) is 11.4. The Labute approximate surface area is 167 Å². The van der Waals surface area contributed by atoms with Crippen molar-refractivity contribution in [1.82, 2.24) is 9.97 Å². The summed E-state index contributed by atoms with van der Waals surface area (Å²) in [6, 6.07) is 19.6. The largest absolute Gasteiger partial charge is 0.335 e. The summed E-state index contributed by atoms with van der Waals surface area (Å²) < 4.78 is 42.4. The Hall–Kier alpha value is -3.52. The standard InChI is InChI=1S/C21H17FN4O2S/c1-14-7-6-8-15(13-14)29(27,28)26-21-20(23-17-10-3-2-9-16(17)22)24-18-11-4-5-12-19(18)25-21/h2-13H,1H3,(H,23,24)(H,25,26). The number of nitrogens with zero attached hydrogens (tertiary/aromatic N) is 2. The van der Waals surface area contributed by atoms with Gasteiger partial charge in [-0.15, -0.1) is 0 Å². The first-order chi connectivity index (χ1) is 13.9. The van der Waals surface area contributed by atoms with Crippen LogP contribution in [0.1, 0.15) is 5.56 Å². The number of hydrogen-bond donors (Lipinski definition) is 2. The number of aryl methyl sites for hydroxylation is 1. The van der Waals surface area contributed by atoms with E-state index in [1.807, 2.05) is 0 Å². The number of benzene rings is 3. The summed E-state index contributed by atoms with van der Waals surface area (Å²) in [5.74, 6) is -0.409. The third-order valence-electron chi connectivity index (χ3n) is 4.23. The summed E-state index contributed by atoms with van der Waals surface area (Å²) in [5, 5.41) is 2.84. The van der Waals surface area contributed by atoms with E-state index in [-0.39, 0.29) is 22.2 Å². The number of para-hydroxylation sites is 3. The van der Waals surface area contributed by atoms with Gasteiger partial charge in [0.1, 0.15) is 5.82 Å². The van der Waals surface area contributed by atoms with Crippen LogP contribution in [0.5, 0.6) is 0 Å². The molecule has 0 saturated heterocycles. The van der Waals surface area contributed by atoms with E-state index in [0.29, 0.717) is 11.0 Å². The van der Waals surface area contributed by atoms with Crippen LogP contribution in [-0.4, -0.2) is 18.4 Å². The van der Waals surface area contributed by atoms with Crippen LogP contribution in [0, 0.1) is 12.7 Å². The van der Waals surface area contributed by atoms with Gasteiger partial charge in [0.15, 0.2) is 11.6 Å². The van der Waals surface area contributed by atoms with E-state index in [2.05, 4.69) is 20.0 Å². The lowest BCUT2D eigenvalue weighted by atomic mass is 10.2. The van der Waals surface area contributed by atoms with E-state index in [1.54, 1.807) is 61.5 Å². The lowest BCUT2D eigenvalue weighted by Gasteiger charge is -2.14. The highest BCUT2D eigenvalue weighted by Crippen LogP contribution is 2.28. The first-order valence-corrected chi connectivity index (χ1v) is 10.3. The zero-order valence-corrected chi connectivity index (χ0v) is 16.2. The molecule has 1 heterocycles. The fourth-order valence-electron chi connectivity index (χ4n) is 2.82. The van der Waals surface area contributed by atoms with Crippen LogP contribution in [0.2, 0.25) is 0 Å². The smallest absolute Gasteiger partial charge is 0.263 e. The second-order valence-electron chi connectivity index (χ2n) is 6.44. The number of fused-ring (bicyclic) bond motifs is 1. The predicted octanol–water partition coefficient (Wildman–Crippen LogP) is 4.62. The summed E-state index contributed by atoms with van der Waals surface area (Å²) in [6.07, 6.45) is 0. The summed E-state index contributed by atoms with van der Waals surface area (Å²) in [5.41, 5.74) is 2.02. The maximum atomic E-state index is 14.1. The number of rotatable bonds is 5. The van der Waals surface area contributed by atoms with Crippen molar-refractivity contribution in [3.05, 3.63) is 84.2 Å². The summed E-state index contributed by atoms with van der Waals surface area (Å²) in [4.78, 5) is 8.94. The average Bonchev–Trinajstić information content (AvgIpc) is 2.70. The molecule has 0 saturated carbocycles. The maximum Gasteiger partial charge on any atom is 0.263 e. The van der Waals surface area contributed by atoms with Gasteiger partial charge in [0.2, 0.25) is 0 Å². The second kappa shape index (κ2) is 7.48. The molecular formula is C21H17FN4O2S. The van der Waals surface area contributed by atoms with Crippen molar-refractivity contribution in [1.29, 1.82) is 0 Å². The summed E-state index contributed by atoms with van der Waals surface area (Å²) >= 11 is 0. The van der Waals surface area contributed by atoms with E-state index in [1.165, 1.54) is 18.2 Å². The Kier molecular flexibility index (Phi) is 4.85. The lowest BCUT2D eigenvalue weighted by molar-refractivity contribution is 0.601. The molecular weight excluding hydrogens is 391 g/mol. The van der Waals surface area contributed by atoms with Crippen LogP contribution in [0.3, 0.4) is 0 Å². The zero-order valence-electron chi connectivity index (χ0n) is 15.4. The van der Waals surface area contributed by atoms with E-state index < -0.39 is 15.8 Å². The molecule has 1 aromatic heterocycles. The molecule has 0 aliphatic carbocycles. The van der Waals surface area contributed by atoms with E-state index in [0.717, 1.165) is 5.56 Å². The van der Waals surface area contributed by atoms with Gasteiger partial charge in [-0.05, 0) is 48.9 Å². The molecule has 0 bridgehead atoms. The van der Waals surface area contributed by atoms with Crippen LogP contribution < -0.4 is 10.0 Å². The molecule has 0 radical (unpaired) electrons. The fraction of sp³-hybridized carbons (Fsp3) is 0.0476. The molecule has 0 atom stereocenters. The number of aromatic nitrogens is 2. The van der Waals surface area contributed by atoms with Gasteiger partial charge in [0.25, 0.3) is 10.0 Å².